The molecule has 5 rings (SSSR count). The highest BCUT2D eigenvalue weighted by atomic mass is 32.2. The summed E-state index contributed by atoms with van der Waals surface area (Å²) in [5, 5.41) is 4.56. The molecule has 1 aliphatic carbocycles. The van der Waals surface area contributed by atoms with Gasteiger partial charge in [-0.25, -0.2) is 27.2 Å². The molecule has 1 N–H and O–H groups in total. The van der Waals surface area contributed by atoms with E-state index in [4.69, 9.17) is 4.74 Å². The van der Waals surface area contributed by atoms with Crippen molar-refractivity contribution < 1.29 is 17.5 Å². The van der Waals surface area contributed by atoms with E-state index in [1.807, 2.05) is 37.3 Å². The molecule has 4 aromatic rings. The van der Waals surface area contributed by atoms with Crippen molar-refractivity contribution in [3.63, 3.8) is 0 Å². The second-order valence-corrected chi connectivity index (χ2v) is 10.7. The Morgan fingerprint density at radius 1 is 1.03 bits per heavy atom. The Balaban J connectivity index is 1.54. The Morgan fingerprint density at radius 3 is 2.31 bits per heavy atom. The summed E-state index contributed by atoms with van der Waals surface area (Å²) >= 11 is 0. The highest BCUT2D eigenvalue weighted by Crippen LogP contribution is 2.30. The molecule has 1 fully saturated rings. The fraction of sp³-hybridized carbons (Fsp3) is 0.259. The zero-order valence-electron chi connectivity index (χ0n) is 20.3. The molecule has 1 unspecified atom stereocenters. The number of halogens is 1. The number of nitrogens with zero attached hydrogens (tertiary/aromatic N) is 3. The second-order valence-electron chi connectivity index (χ2n) is 9.03. The summed E-state index contributed by atoms with van der Waals surface area (Å²) in [6.45, 7) is 3.81. The number of aromatic nitrogens is 3. The smallest absolute Gasteiger partial charge is 0.240 e. The van der Waals surface area contributed by atoms with Gasteiger partial charge in [-0.2, -0.15) is 0 Å². The van der Waals surface area contributed by atoms with Crippen LogP contribution in [0, 0.1) is 12.7 Å². The van der Waals surface area contributed by atoms with Crippen molar-refractivity contribution in [3.05, 3.63) is 83.9 Å². The van der Waals surface area contributed by atoms with Crippen LogP contribution in [0.2, 0.25) is 0 Å². The van der Waals surface area contributed by atoms with Gasteiger partial charge in [0.15, 0.2) is 11.6 Å². The summed E-state index contributed by atoms with van der Waals surface area (Å²) in [7, 11) is -2.04. The summed E-state index contributed by atoms with van der Waals surface area (Å²) in [5.41, 5.74) is 3.63. The maximum atomic E-state index is 15.4. The fourth-order valence-corrected chi connectivity index (χ4v) is 5.14. The third kappa shape index (κ3) is 4.95. The minimum absolute atomic E-state index is 0.0144. The van der Waals surface area contributed by atoms with E-state index in [0.717, 1.165) is 29.5 Å². The Hall–Kier alpha value is -3.40. The number of aryl methyl sites for hydroxylation is 1. The molecule has 1 aliphatic rings. The van der Waals surface area contributed by atoms with Gasteiger partial charge >= 0.3 is 0 Å². The zero-order valence-corrected chi connectivity index (χ0v) is 21.1. The van der Waals surface area contributed by atoms with Crippen molar-refractivity contribution >= 4 is 10.0 Å². The zero-order chi connectivity index (χ0) is 25.4. The summed E-state index contributed by atoms with van der Waals surface area (Å²) in [6, 6.07) is 19.2. The molecule has 36 heavy (non-hydrogen) atoms. The van der Waals surface area contributed by atoms with Crippen LogP contribution in [0.3, 0.4) is 0 Å². The summed E-state index contributed by atoms with van der Waals surface area (Å²) in [6.07, 6.45) is 1.30. The van der Waals surface area contributed by atoms with Gasteiger partial charge < -0.3 is 4.74 Å². The first kappa shape index (κ1) is 24.3. The first-order valence-corrected chi connectivity index (χ1v) is 13.2. The maximum absolute atomic E-state index is 15.4. The lowest BCUT2D eigenvalue weighted by atomic mass is 10.0. The van der Waals surface area contributed by atoms with E-state index in [-0.39, 0.29) is 16.5 Å². The molecule has 0 aliphatic heterocycles. The topological polar surface area (TPSA) is 86.1 Å². The summed E-state index contributed by atoms with van der Waals surface area (Å²) < 4.78 is 50.1. The van der Waals surface area contributed by atoms with Crippen molar-refractivity contribution in [2.45, 2.75) is 43.7 Å². The predicted octanol–water partition coefficient (Wildman–Crippen LogP) is 5.20. The average molecular weight is 507 g/mol. The molecule has 0 radical (unpaired) electrons. The molecule has 3 aromatic carbocycles. The minimum Gasteiger partial charge on any atom is -0.374 e. The van der Waals surface area contributed by atoms with Crippen LogP contribution in [0.25, 0.3) is 28.2 Å². The fourth-order valence-electron chi connectivity index (χ4n) is 3.84. The Labute approximate surface area is 210 Å². The molecule has 7 nitrogen and oxygen atoms in total. The van der Waals surface area contributed by atoms with Crippen LogP contribution in [0.4, 0.5) is 4.39 Å². The van der Waals surface area contributed by atoms with E-state index < -0.39 is 21.9 Å². The first-order chi connectivity index (χ1) is 17.2. The van der Waals surface area contributed by atoms with Crippen LogP contribution in [0.5, 0.6) is 0 Å². The van der Waals surface area contributed by atoms with Gasteiger partial charge in [-0.05, 0) is 74.2 Å². The molecule has 0 spiro atoms. The monoisotopic (exact) mass is 506 g/mol. The molecule has 9 heteroatoms. The number of hydrogen-bond donors (Lipinski definition) is 1. The number of sulfonamides is 1. The van der Waals surface area contributed by atoms with Gasteiger partial charge in [0.05, 0.1) is 16.1 Å². The quantitative estimate of drug-likeness (QED) is 0.355. The normalized spacial score (nSPS) is 14.7. The van der Waals surface area contributed by atoms with E-state index in [0.29, 0.717) is 17.3 Å². The van der Waals surface area contributed by atoms with Gasteiger partial charge in [-0.1, -0.05) is 35.9 Å². The summed E-state index contributed by atoms with van der Waals surface area (Å²) in [4.78, 5) is 4.74. The van der Waals surface area contributed by atoms with E-state index in [1.165, 1.54) is 22.9 Å². The van der Waals surface area contributed by atoms with Gasteiger partial charge in [0, 0.05) is 13.2 Å². The largest absolute Gasteiger partial charge is 0.374 e. The lowest BCUT2D eigenvalue weighted by Crippen LogP contribution is -2.25. The van der Waals surface area contributed by atoms with Crippen LogP contribution in [-0.4, -0.2) is 36.3 Å². The van der Waals surface area contributed by atoms with Crippen molar-refractivity contribution in [1.29, 1.82) is 0 Å². The Morgan fingerprint density at radius 2 is 1.69 bits per heavy atom. The number of methoxy groups -OCH3 is 1. The highest BCUT2D eigenvalue weighted by molar-refractivity contribution is 7.89. The number of nitrogens with one attached hydrogen (secondary N) is 1. The van der Waals surface area contributed by atoms with E-state index in [1.54, 1.807) is 32.2 Å². The van der Waals surface area contributed by atoms with Crippen molar-refractivity contribution in [1.82, 2.24) is 19.5 Å². The maximum Gasteiger partial charge on any atom is 0.240 e. The number of rotatable bonds is 8. The first-order valence-electron chi connectivity index (χ1n) is 11.7. The molecule has 186 valence electrons. The molecular weight excluding hydrogens is 479 g/mol. The second kappa shape index (κ2) is 9.57. The molecular formula is C27H27FN4O3S. The molecule has 1 saturated carbocycles. The molecule has 0 saturated heterocycles. The number of hydrogen-bond acceptors (Lipinski definition) is 5. The molecule has 0 bridgehead atoms. The third-order valence-corrected chi connectivity index (χ3v) is 7.76. The van der Waals surface area contributed by atoms with Crippen LogP contribution in [0.1, 0.15) is 37.3 Å². The van der Waals surface area contributed by atoms with Gasteiger partial charge in [-0.3, -0.25) is 0 Å². The predicted molar refractivity (Wildman–Crippen MR) is 136 cm³/mol. The van der Waals surface area contributed by atoms with Crippen LogP contribution in [-0.2, 0) is 14.8 Å². The SMILES string of the molecule is COC(C)c1nc(-c2ccc(-c3ccc(C)cc3)cc2F)n(-c2ccc(S(=O)(=O)NC3CC3)cc2)n1. The standard InChI is InChI=1S/C27H27FN4O3S/c1-17-4-6-19(7-5-17)20-8-15-24(25(28)16-20)27-29-26(18(2)35-3)30-32(27)22-11-13-23(14-12-22)36(33,34)31-21-9-10-21/h4-8,11-16,18,21,31H,9-10H2,1-3H3. The minimum atomic E-state index is -3.59. The van der Waals surface area contributed by atoms with E-state index >= 15 is 4.39 Å². The lowest BCUT2D eigenvalue weighted by molar-refractivity contribution is 0.112. The van der Waals surface area contributed by atoms with Crippen molar-refractivity contribution in [2.24, 2.45) is 0 Å². The number of benzene rings is 3. The van der Waals surface area contributed by atoms with Crippen molar-refractivity contribution in [2.75, 3.05) is 7.11 Å². The van der Waals surface area contributed by atoms with Gasteiger partial charge in [0.1, 0.15) is 11.9 Å². The lowest BCUT2D eigenvalue weighted by Gasteiger charge is -2.10. The van der Waals surface area contributed by atoms with Gasteiger partial charge in [0.2, 0.25) is 10.0 Å². The Kier molecular flexibility index (Phi) is 6.46. The molecule has 1 atom stereocenters. The highest BCUT2D eigenvalue weighted by Gasteiger charge is 2.28. The third-order valence-electron chi connectivity index (χ3n) is 6.23. The van der Waals surface area contributed by atoms with Gasteiger partial charge in [-0.15, -0.1) is 5.10 Å². The van der Waals surface area contributed by atoms with Crippen molar-refractivity contribution in [3.8, 4) is 28.2 Å². The average Bonchev–Trinajstić information content (AvgIpc) is 3.57. The van der Waals surface area contributed by atoms with Crippen LogP contribution in [0.15, 0.2) is 71.6 Å². The van der Waals surface area contributed by atoms with E-state index in [9.17, 15) is 8.42 Å². The molecule has 1 heterocycles. The molecule has 1 aromatic heterocycles. The Bertz CT molecular complexity index is 1500. The van der Waals surface area contributed by atoms with Crippen LogP contribution >= 0.6 is 0 Å². The number of ether oxygens (including phenoxy) is 1. The van der Waals surface area contributed by atoms with Crippen LogP contribution < -0.4 is 4.72 Å². The summed E-state index contributed by atoms with van der Waals surface area (Å²) in [5.74, 6) is 0.251. The molecule has 0 amide bonds. The van der Waals surface area contributed by atoms with Gasteiger partial charge in [0.25, 0.3) is 0 Å². The van der Waals surface area contributed by atoms with E-state index in [2.05, 4.69) is 14.8 Å².